The number of amides is 1. The molecule has 6 aromatic rings. The van der Waals surface area contributed by atoms with Crippen molar-refractivity contribution in [2.24, 2.45) is 0 Å². The number of halogens is 1. The van der Waals surface area contributed by atoms with Gasteiger partial charge < -0.3 is 9.73 Å². The number of sulfonamides is 1. The average Bonchev–Trinajstić information content (AvgIpc) is 3.37. The van der Waals surface area contributed by atoms with Crippen LogP contribution in [0, 0.1) is 5.82 Å². The molecule has 0 aliphatic carbocycles. The van der Waals surface area contributed by atoms with Crippen LogP contribution in [0.25, 0.3) is 55.4 Å². The summed E-state index contributed by atoms with van der Waals surface area (Å²) in [6, 6.07) is 26.7. The number of anilines is 1. The number of carbonyl (C=O) groups is 1. The second kappa shape index (κ2) is 10.4. The standard InChI is InChI=1S/C33H26FN3O4S/c1-35-33(38)31-27-17-26(22-9-6-8-21(15-22)24-16-23-7-4-5-10-28(23)36-19-24)29(37(2)42(3,39)40)18-30(27)41-32(31)20-11-13-25(34)14-12-20/h4-19H,1-3H3,(H,35,38). The SMILES string of the molecule is CNC(=O)c1c(-c2ccc(F)cc2)oc2cc(N(C)S(C)(=O)=O)c(-c3cccc(-c4cnc5ccccc5c4)c3)cc12. The van der Waals surface area contributed by atoms with Crippen LogP contribution >= 0.6 is 0 Å². The maximum Gasteiger partial charge on any atom is 0.255 e. The molecule has 1 amide bonds. The van der Waals surface area contributed by atoms with Gasteiger partial charge in [-0.25, -0.2) is 12.8 Å². The number of furan rings is 1. The van der Waals surface area contributed by atoms with Crippen LogP contribution in [0.2, 0.25) is 0 Å². The molecule has 210 valence electrons. The normalized spacial score (nSPS) is 11.6. The topological polar surface area (TPSA) is 92.5 Å². The zero-order chi connectivity index (χ0) is 29.6. The molecule has 7 nitrogen and oxygen atoms in total. The highest BCUT2D eigenvalue weighted by Crippen LogP contribution is 2.42. The number of hydrogen-bond donors (Lipinski definition) is 1. The van der Waals surface area contributed by atoms with Gasteiger partial charge in [0, 0.05) is 53.8 Å². The molecule has 0 saturated carbocycles. The Balaban J connectivity index is 1.60. The monoisotopic (exact) mass is 579 g/mol. The van der Waals surface area contributed by atoms with Gasteiger partial charge in [-0.3, -0.25) is 14.1 Å². The number of hydrogen-bond acceptors (Lipinski definition) is 5. The van der Waals surface area contributed by atoms with Crippen LogP contribution < -0.4 is 9.62 Å². The Kier molecular flexibility index (Phi) is 6.74. The molecular weight excluding hydrogens is 553 g/mol. The van der Waals surface area contributed by atoms with E-state index in [1.165, 1.54) is 42.7 Å². The second-order valence-electron chi connectivity index (χ2n) is 9.99. The van der Waals surface area contributed by atoms with Gasteiger partial charge in [-0.05, 0) is 59.7 Å². The third kappa shape index (κ3) is 4.88. The van der Waals surface area contributed by atoms with Gasteiger partial charge in [0.15, 0.2) is 0 Å². The van der Waals surface area contributed by atoms with Crippen molar-refractivity contribution in [2.45, 2.75) is 0 Å². The van der Waals surface area contributed by atoms with Gasteiger partial charge in [0.25, 0.3) is 5.91 Å². The minimum atomic E-state index is -3.66. The van der Waals surface area contributed by atoms with Crippen molar-refractivity contribution in [2.75, 3.05) is 24.7 Å². The third-order valence-corrected chi connectivity index (χ3v) is 8.49. The summed E-state index contributed by atoms with van der Waals surface area (Å²) >= 11 is 0. The number of rotatable bonds is 6. The van der Waals surface area contributed by atoms with Crippen LogP contribution in [0.15, 0.2) is 102 Å². The first kappa shape index (κ1) is 27.2. The van der Waals surface area contributed by atoms with Gasteiger partial charge in [-0.2, -0.15) is 0 Å². The summed E-state index contributed by atoms with van der Waals surface area (Å²) in [6.07, 6.45) is 2.93. The molecule has 4 aromatic carbocycles. The Labute approximate surface area is 242 Å². The maximum atomic E-state index is 13.7. The maximum absolute atomic E-state index is 13.7. The highest BCUT2D eigenvalue weighted by molar-refractivity contribution is 7.92. The molecule has 1 N–H and O–H groups in total. The molecule has 0 aliphatic heterocycles. The van der Waals surface area contributed by atoms with E-state index in [4.69, 9.17) is 4.42 Å². The van der Waals surface area contributed by atoms with E-state index in [1.807, 2.05) is 54.7 Å². The van der Waals surface area contributed by atoms with Crippen molar-refractivity contribution >= 4 is 43.5 Å². The molecule has 0 radical (unpaired) electrons. The summed E-state index contributed by atoms with van der Waals surface area (Å²) < 4.78 is 46.5. The van der Waals surface area contributed by atoms with E-state index in [1.54, 1.807) is 12.1 Å². The van der Waals surface area contributed by atoms with E-state index in [0.29, 0.717) is 27.8 Å². The van der Waals surface area contributed by atoms with Gasteiger partial charge in [0.05, 0.1) is 23.0 Å². The molecule has 0 saturated heterocycles. The fourth-order valence-corrected chi connectivity index (χ4v) is 5.56. The molecule has 0 bridgehead atoms. The van der Waals surface area contributed by atoms with Gasteiger partial charge >= 0.3 is 0 Å². The largest absolute Gasteiger partial charge is 0.455 e. The fraction of sp³-hybridized carbons (Fsp3) is 0.0909. The van der Waals surface area contributed by atoms with Crippen LogP contribution in [0.1, 0.15) is 10.4 Å². The molecule has 9 heteroatoms. The van der Waals surface area contributed by atoms with Gasteiger partial charge in [-0.15, -0.1) is 0 Å². The number of nitrogens with one attached hydrogen (secondary N) is 1. The summed E-state index contributed by atoms with van der Waals surface area (Å²) in [5.41, 5.74) is 5.48. The number of para-hydroxylation sites is 1. The molecule has 2 aromatic heterocycles. The summed E-state index contributed by atoms with van der Waals surface area (Å²) in [6.45, 7) is 0. The van der Waals surface area contributed by atoms with Crippen molar-refractivity contribution in [1.29, 1.82) is 0 Å². The zero-order valence-electron chi connectivity index (χ0n) is 23.1. The molecule has 0 fully saturated rings. The number of carbonyl (C=O) groups excluding carboxylic acids is 1. The fourth-order valence-electron chi connectivity index (χ4n) is 5.05. The summed E-state index contributed by atoms with van der Waals surface area (Å²) in [5, 5.41) is 4.15. The van der Waals surface area contributed by atoms with E-state index in [-0.39, 0.29) is 17.2 Å². The predicted octanol–water partition coefficient (Wildman–Crippen LogP) is 6.88. The predicted molar refractivity (Wildman–Crippen MR) is 164 cm³/mol. The van der Waals surface area contributed by atoms with Crippen molar-refractivity contribution in [1.82, 2.24) is 10.3 Å². The first-order valence-electron chi connectivity index (χ1n) is 13.1. The van der Waals surface area contributed by atoms with E-state index in [0.717, 1.165) is 33.8 Å². The average molecular weight is 580 g/mol. The van der Waals surface area contributed by atoms with Crippen LogP contribution in [0.4, 0.5) is 10.1 Å². The number of fused-ring (bicyclic) bond motifs is 2. The highest BCUT2D eigenvalue weighted by atomic mass is 32.2. The molecular formula is C33H26FN3O4S. The number of aromatic nitrogens is 1. The Morgan fingerprint density at radius 1 is 0.881 bits per heavy atom. The van der Waals surface area contributed by atoms with Crippen molar-refractivity contribution < 1.29 is 22.0 Å². The Morgan fingerprint density at radius 3 is 2.36 bits per heavy atom. The van der Waals surface area contributed by atoms with Crippen molar-refractivity contribution in [3.05, 3.63) is 109 Å². The number of nitrogens with zero attached hydrogens (tertiary/aromatic N) is 2. The zero-order valence-corrected chi connectivity index (χ0v) is 23.9. The smallest absolute Gasteiger partial charge is 0.255 e. The number of benzene rings is 4. The molecule has 6 rings (SSSR count). The van der Waals surface area contributed by atoms with E-state index >= 15 is 0 Å². The van der Waals surface area contributed by atoms with Crippen LogP contribution in [0.3, 0.4) is 0 Å². The lowest BCUT2D eigenvalue weighted by Gasteiger charge is -2.21. The Bertz CT molecular complexity index is 2100. The Morgan fingerprint density at radius 2 is 1.62 bits per heavy atom. The molecule has 0 aliphatic rings. The Hall–Kier alpha value is -5.02. The van der Waals surface area contributed by atoms with Crippen molar-refractivity contribution in [3.63, 3.8) is 0 Å². The molecule has 2 heterocycles. The van der Waals surface area contributed by atoms with Gasteiger partial charge in [0.1, 0.15) is 17.2 Å². The lowest BCUT2D eigenvalue weighted by atomic mass is 9.95. The lowest BCUT2D eigenvalue weighted by molar-refractivity contribution is 0.0964. The summed E-state index contributed by atoms with van der Waals surface area (Å²) in [7, 11) is -0.672. The minimum Gasteiger partial charge on any atom is -0.455 e. The minimum absolute atomic E-state index is 0.255. The quantitative estimate of drug-likeness (QED) is 0.232. The van der Waals surface area contributed by atoms with E-state index in [9.17, 15) is 17.6 Å². The molecule has 42 heavy (non-hydrogen) atoms. The highest BCUT2D eigenvalue weighted by Gasteiger charge is 2.26. The molecule has 0 unspecified atom stereocenters. The van der Waals surface area contributed by atoms with E-state index in [2.05, 4.69) is 16.4 Å². The van der Waals surface area contributed by atoms with E-state index < -0.39 is 15.8 Å². The summed E-state index contributed by atoms with van der Waals surface area (Å²) in [5.74, 6) is -0.554. The first-order chi connectivity index (χ1) is 20.1. The van der Waals surface area contributed by atoms with Gasteiger partial charge in [-0.1, -0.05) is 36.4 Å². The van der Waals surface area contributed by atoms with Gasteiger partial charge in [0.2, 0.25) is 10.0 Å². The molecule has 0 atom stereocenters. The first-order valence-corrected chi connectivity index (χ1v) is 15.0. The van der Waals surface area contributed by atoms with Crippen LogP contribution in [-0.2, 0) is 10.0 Å². The van der Waals surface area contributed by atoms with Crippen molar-refractivity contribution in [3.8, 4) is 33.6 Å². The lowest BCUT2D eigenvalue weighted by Crippen LogP contribution is -2.25. The summed E-state index contributed by atoms with van der Waals surface area (Å²) in [4.78, 5) is 17.8. The number of pyridine rings is 1. The second-order valence-corrected chi connectivity index (χ2v) is 12.0. The van der Waals surface area contributed by atoms with Crippen LogP contribution in [0.5, 0.6) is 0 Å². The third-order valence-electron chi connectivity index (χ3n) is 7.30. The van der Waals surface area contributed by atoms with Crippen LogP contribution in [-0.4, -0.2) is 39.7 Å². The molecule has 0 spiro atoms.